The van der Waals surface area contributed by atoms with Gasteiger partial charge in [-0.2, -0.15) is 0 Å². The van der Waals surface area contributed by atoms with E-state index in [2.05, 4.69) is 15.3 Å². The van der Waals surface area contributed by atoms with Crippen molar-refractivity contribution in [2.45, 2.75) is 30.7 Å². The number of aliphatic hydroxyl groups excluding tert-OH is 1. The summed E-state index contributed by atoms with van der Waals surface area (Å²) in [6, 6.07) is 22.6. The number of hydrogen-bond donors (Lipinski definition) is 4. The van der Waals surface area contributed by atoms with E-state index in [1.165, 1.54) is 25.3 Å². The van der Waals surface area contributed by atoms with Crippen LogP contribution in [0.4, 0.5) is 14.9 Å². The molecule has 0 spiro atoms. The Labute approximate surface area is 255 Å². The van der Waals surface area contributed by atoms with E-state index < -0.39 is 61.2 Å². The molecule has 1 aliphatic rings. The minimum Gasteiger partial charge on any atom is -0.449 e. The number of esters is 2. The van der Waals surface area contributed by atoms with Crippen LogP contribution in [0.25, 0.3) is 21.8 Å². The van der Waals surface area contributed by atoms with Gasteiger partial charge in [0.2, 0.25) is 0 Å². The fraction of sp³-hybridized carbons (Fsp3) is 0.219. The molecule has 5 aromatic rings. The number of fused-ring (bicyclic) bond motifs is 2. The number of nitrogens with one attached hydrogen (secondary N) is 3. The first kappa shape index (κ1) is 29.8. The Hall–Kier alpha value is -5.24. The average molecular weight is 618 g/mol. The van der Waals surface area contributed by atoms with Gasteiger partial charge in [-0.15, -0.1) is 0 Å². The number of anilines is 1. The number of ether oxygens (including phenoxy) is 5. The standard InChI is InChI=1S/C32H28FN3O9/c1-41-31-28(44-30(39)24-14-18-8-3-5-12-22(18)36-24)27(43-29(38)23-13-17-7-2-4-11-21(17)35-23)26(25(16-37)42-31)45-32(40)34-20-10-6-9-19(33)15-20/h2-15,25-28,31,35-37H,16H2,1H3,(H,34,40)/t25-,26-,27+,28-,31+/m1/s1. The van der Waals surface area contributed by atoms with E-state index in [0.717, 1.165) is 16.8 Å². The van der Waals surface area contributed by atoms with Gasteiger partial charge in [0.1, 0.15) is 23.3 Å². The number of carbonyl (C=O) groups is 3. The lowest BCUT2D eigenvalue weighted by molar-refractivity contribution is -0.291. The molecule has 232 valence electrons. The summed E-state index contributed by atoms with van der Waals surface area (Å²) < 4.78 is 42.3. The maximum atomic E-state index is 13.7. The summed E-state index contributed by atoms with van der Waals surface area (Å²) in [6.45, 7) is -0.694. The fourth-order valence-electron chi connectivity index (χ4n) is 5.19. The van der Waals surface area contributed by atoms with E-state index in [1.807, 2.05) is 12.1 Å². The normalized spacial score (nSPS) is 21.4. The number of H-pyrrole nitrogens is 2. The molecule has 0 radical (unpaired) electrons. The minimum atomic E-state index is -1.54. The summed E-state index contributed by atoms with van der Waals surface area (Å²) >= 11 is 0. The van der Waals surface area contributed by atoms with Gasteiger partial charge in [-0.25, -0.2) is 18.8 Å². The van der Waals surface area contributed by atoms with Crippen LogP contribution >= 0.6 is 0 Å². The molecule has 12 nitrogen and oxygen atoms in total. The maximum Gasteiger partial charge on any atom is 0.412 e. The van der Waals surface area contributed by atoms with Crippen LogP contribution in [-0.2, 0) is 23.7 Å². The van der Waals surface area contributed by atoms with Gasteiger partial charge in [0.15, 0.2) is 24.6 Å². The minimum absolute atomic E-state index is 0.0702. The van der Waals surface area contributed by atoms with E-state index in [0.29, 0.717) is 11.0 Å². The van der Waals surface area contributed by atoms with E-state index in [4.69, 9.17) is 23.7 Å². The van der Waals surface area contributed by atoms with Crippen LogP contribution in [0.5, 0.6) is 0 Å². The molecule has 1 aliphatic heterocycles. The Balaban J connectivity index is 1.32. The Morgan fingerprint density at radius 1 is 0.800 bits per heavy atom. The molecule has 5 atom stereocenters. The summed E-state index contributed by atoms with van der Waals surface area (Å²) in [5, 5.41) is 14.1. The smallest absolute Gasteiger partial charge is 0.412 e. The predicted molar refractivity (Wildman–Crippen MR) is 158 cm³/mol. The second-order valence-corrected chi connectivity index (χ2v) is 10.2. The number of rotatable bonds is 8. The molecular weight excluding hydrogens is 589 g/mol. The number of methoxy groups -OCH3 is 1. The van der Waals surface area contributed by atoms with Crippen LogP contribution in [0, 0.1) is 5.82 Å². The van der Waals surface area contributed by atoms with Crippen molar-refractivity contribution in [3.8, 4) is 0 Å². The SMILES string of the molecule is CO[C@H]1O[C@H](CO)[C@@H](OC(=O)Nc2cccc(F)c2)[C@H](OC(=O)c2cc3ccccc3[nH]2)[C@H]1OC(=O)c1cc2ccccc2[nH]1. The van der Waals surface area contributed by atoms with Crippen LogP contribution in [0.2, 0.25) is 0 Å². The zero-order valence-electron chi connectivity index (χ0n) is 23.8. The highest BCUT2D eigenvalue weighted by Crippen LogP contribution is 2.31. The second kappa shape index (κ2) is 12.8. The van der Waals surface area contributed by atoms with Crippen LogP contribution in [0.1, 0.15) is 21.0 Å². The first-order chi connectivity index (χ1) is 21.8. The van der Waals surface area contributed by atoms with Crippen LogP contribution in [0.3, 0.4) is 0 Å². The second-order valence-electron chi connectivity index (χ2n) is 10.2. The number of aliphatic hydroxyl groups is 1. The highest BCUT2D eigenvalue weighted by atomic mass is 19.1. The topological polar surface area (TPSA) is 161 Å². The largest absolute Gasteiger partial charge is 0.449 e. The number of hydrogen-bond acceptors (Lipinski definition) is 9. The van der Waals surface area contributed by atoms with Gasteiger partial charge in [0, 0.05) is 34.6 Å². The van der Waals surface area contributed by atoms with Crippen LogP contribution < -0.4 is 5.32 Å². The summed E-state index contributed by atoms with van der Waals surface area (Å²) in [6.07, 6.45) is -8.22. The van der Waals surface area contributed by atoms with E-state index >= 15 is 0 Å². The number of aromatic amines is 2. The molecule has 2 aromatic heterocycles. The van der Waals surface area contributed by atoms with Crippen molar-refractivity contribution in [1.82, 2.24) is 9.97 Å². The molecule has 1 saturated heterocycles. The van der Waals surface area contributed by atoms with Gasteiger partial charge >= 0.3 is 18.0 Å². The molecule has 3 heterocycles. The molecule has 1 fully saturated rings. The van der Waals surface area contributed by atoms with E-state index in [9.17, 15) is 23.9 Å². The number of para-hydroxylation sites is 2. The van der Waals surface area contributed by atoms with Gasteiger partial charge in [0.25, 0.3) is 0 Å². The third kappa shape index (κ3) is 6.36. The van der Waals surface area contributed by atoms with E-state index in [1.54, 1.807) is 48.5 Å². The molecule has 0 aliphatic carbocycles. The van der Waals surface area contributed by atoms with Gasteiger partial charge in [-0.3, -0.25) is 5.32 Å². The van der Waals surface area contributed by atoms with Gasteiger partial charge < -0.3 is 38.8 Å². The molecular formula is C32H28FN3O9. The fourth-order valence-corrected chi connectivity index (χ4v) is 5.19. The first-order valence-corrected chi connectivity index (χ1v) is 13.9. The molecule has 13 heteroatoms. The lowest BCUT2D eigenvalue weighted by atomic mass is 9.98. The van der Waals surface area contributed by atoms with Gasteiger partial charge in [-0.1, -0.05) is 42.5 Å². The maximum absolute atomic E-state index is 13.7. The quantitative estimate of drug-likeness (QED) is 0.145. The number of aromatic nitrogens is 2. The van der Waals surface area contributed by atoms with Gasteiger partial charge in [-0.05, 0) is 42.5 Å². The van der Waals surface area contributed by atoms with Crippen molar-refractivity contribution in [2.75, 3.05) is 19.0 Å². The number of amides is 1. The average Bonchev–Trinajstić information content (AvgIpc) is 3.67. The monoisotopic (exact) mass is 617 g/mol. The summed E-state index contributed by atoms with van der Waals surface area (Å²) in [4.78, 5) is 45.8. The lowest BCUT2D eigenvalue weighted by Gasteiger charge is -2.43. The molecule has 45 heavy (non-hydrogen) atoms. The molecule has 0 bridgehead atoms. The highest BCUT2D eigenvalue weighted by molar-refractivity contribution is 5.96. The Morgan fingerprint density at radius 2 is 1.40 bits per heavy atom. The van der Waals surface area contributed by atoms with Crippen molar-refractivity contribution in [3.05, 3.63) is 102 Å². The summed E-state index contributed by atoms with van der Waals surface area (Å²) in [7, 11) is 1.28. The number of halogens is 1. The zero-order valence-corrected chi connectivity index (χ0v) is 23.8. The Bertz CT molecular complexity index is 1790. The van der Waals surface area contributed by atoms with Crippen molar-refractivity contribution in [1.29, 1.82) is 0 Å². The van der Waals surface area contributed by atoms with Crippen molar-refractivity contribution in [3.63, 3.8) is 0 Å². The molecule has 4 N–H and O–H groups in total. The van der Waals surface area contributed by atoms with Crippen molar-refractivity contribution < 1.29 is 47.6 Å². The third-order valence-corrected chi connectivity index (χ3v) is 7.30. The summed E-state index contributed by atoms with van der Waals surface area (Å²) in [5.74, 6) is -2.30. The number of benzene rings is 3. The van der Waals surface area contributed by atoms with E-state index in [-0.39, 0.29) is 17.1 Å². The third-order valence-electron chi connectivity index (χ3n) is 7.30. The highest BCUT2D eigenvalue weighted by Gasteiger charge is 2.53. The Morgan fingerprint density at radius 3 is 1.96 bits per heavy atom. The predicted octanol–water partition coefficient (Wildman–Crippen LogP) is 4.52. The molecule has 0 unspecified atom stereocenters. The van der Waals surface area contributed by atoms with Crippen molar-refractivity contribution >= 4 is 45.5 Å². The molecule has 6 rings (SSSR count). The molecule has 1 amide bonds. The van der Waals surface area contributed by atoms with Gasteiger partial charge in [0.05, 0.1) is 6.61 Å². The van der Waals surface area contributed by atoms with Crippen LogP contribution in [0.15, 0.2) is 84.9 Å². The Kier molecular flexibility index (Phi) is 8.47. The zero-order chi connectivity index (χ0) is 31.5. The lowest BCUT2D eigenvalue weighted by Crippen LogP contribution is -2.63. The number of carbonyl (C=O) groups excluding carboxylic acids is 3. The molecule has 3 aromatic carbocycles. The first-order valence-electron chi connectivity index (χ1n) is 13.9. The molecule has 0 saturated carbocycles. The van der Waals surface area contributed by atoms with Crippen molar-refractivity contribution in [2.24, 2.45) is 0 Å². The van der Waals surface area contributed by atoms with Crippen LogP contribution in [-0.4, -0.2) is 77.5 Å². The summed E-state index contributed by atoms with van der Waals surface area (Å²) in [5.41, 5.74) is 1.60.